The van der Waals surface area contributed by atoms with Gasteiger partial charge in [-0.15, -0.1) is 6.58 Å². The molecule has 0 radical (unpaired) electrons. The van der Waals surface area contributed by atoms with Crippen molar-refractivity contribution in [1.29, 1.82) is 0 Å². The first-order chi connectivity index (χ1) is 11.0. The Morgan fingerprint density at radius 2 is 1.88 bits per heavy atom. The molecule has 2 atom stereocenters. The Balaban J connectivity index is 5.59. The second kappa shape index (κ2) is 9.90. The Bertz CT molecular complexity index is 425. The monoisotopic (exact) mass is 338 g/mol. The summed E-state index contributed by atoms with van der Waals surface area (Å²) in [5.74, 6) is 0.459. The van der Waals surface area contributed by atoms with Crippen LogP contribution in [0.15, 0.2) is 25.0 Å². The van der Waals surface area contributed by atoms with Crippen LogP contribution in [0, 0.1) is 17.3 Å². The minimum Gasteiger partial charge on any atom is -0.513 e. The summed E-state index contributed by atoms with van der Waals surface area (Å²) in [7, 11) is 0. The number of carbonyl (C=O) groups is 1. The van der Waals surface area contributed by atoms with Gasteiger partial charge in [0, 0.05) is 12.8 Å². The van der Waals surface area contributed by atoms with Crippen LogP contribution in [0.2, 0.25) is 0 Å². The SMILES string of the molecule is C=CCC(CCCC)(CC(=C)O)OC(=O)C(C)(CC(C)C)C(C)C. The molecule has 0 fully saturated rings. The summed E-state index contributed by atoms with van der Waals surface area (Å²) < 4.78 is 6.09. The zero-order valence-corrected chi connectivity index (χ0v) is 16.7. The van der Waals surface area contributed by atoms with E-state index in [4.69, 9.17) is 4.74 Å². The minimum atomic E-state index is -0.742. The third-order valence-electron chi connectivity index (χ3n) is 4.91. The number of aliphatic hydroxyl groups is 1. The largest absolute Gasteiger partial charge is 0.513 e. The van der Waals surface area contributed by atoms with Crippen molar-refractivity contribution in [3.05, 3.63) is 25.0 Å². The third kappa shape index (κ3) is 6.70. The van der Waals surface area contributed by atoms with E-state index in [0.717, 1.165) is 19.3 Å². The molecule has 3 heteroatoms. The van der Waals surface area contributed by atoms with E-state index in [9.17, 15) is 9.90 Å². The molecule has 24 heavy (non-hydrogen) atoms. The Hall–Kier alpha value is -1.25. The molecule has 0 aromatic carbocycles. The zero-order chi connectivity index (χ0) is 19.0. The van der Waals surface area contributed by atoms with Crippen LogP contribution in [0.3, 0.4) is 0 Å². The van der Waals surface area contributed by atoms with Gasteiger partial charge in [0.25, 0.3) is 0 Å². The fourth-order valence-electron chi connectivity index (χ4n) is 3.24. The van der Waals surface area contributed by atoms with Crippen molar-refractivity contribution in [3.8, 4) is 0 Å². The van der Waals surface area contributed by atoms with Crippen molar-refractivity contribution in [2.45, 2.75) is 85.7 Å². The molecule has 0 aromatic heterocycles. The molecule has 3 nitrogen and oxygen atoms in total. The number of carbonyl (C=O) groups excluding carboxylic acids is 1. The van der Waals surface area contributed by atoms with Crippen LogP contribution < -0.4 is 0 Å². The summed E-state index contributed by atoms with van der Waals surface area (Å²) >= 11 is 0. The van der Waals surface area contributed by atoms with E-state index in [0.29, 0.717) is 18.8 Å². The van der Waals surface area contributed by atoms with E-state index < -0.39 is 11.0 Å². The van der Waals surface area contributed by atoms with E-state index >= 15 is 0 Å². The predicted octanol–water partition coefficient (Wildman–Crippen LogP) is 6.20. The summed E-state index contributed by atoms with van der Waals surface area (Å²) in [4.78, 5) is 13.1. The van der Waals surface area contributed by atoms with Gasteiger partial charge in [-0.05, 0) is 38.0 Å². The second-order valence-electron chi connectivity index (χ2n) is 8.08. The van der Waals surface area contributed by atoms with Gasteiger partial charge >= 0.3 is 5.97 Å². The Morgan fingerprint density at radius 3 is 2.25 bits per heavy atom. The fourth-order valence-corrected chi connectivity index (χ4v) is 3.24. The van der Waals surface area contributed by atoms with Crippen LogP contribution in [-0.2, 0) is 9.53 Å². The summed E-state index contributed by atoms with van der Waals surface area (Å²) in [5.41, 5.74) is -1.28. The van der Waals surface area contributed by atoms with E-state index in [1.165, 1.54) is 0 Å². The quantitative estimate of drug-likeness (QED) is 0.261. The molecule has 0 heterocycles. The molecule has 0 bridgehead atoms. The predicted molar refractivity (Wildman–Crippen MR) is 102 cm³/mol. The number of esters is 1. The molecule has 1 N–H and O–H groups in total. The Kier molecular flexibility index (Phi) is 9.39. The molecule has 0 aliphatic rings. The number of unbranched alkanes of at least 4 members (excludes halogenated alkanes) is 1. The Morgan fingerprint density at radius 1 is 1.29 bits per heavy atom. The molecule has 2 unspecified atom stereocenters. The highest BCUT2D eigenvalue weighted by atomic mass is 16.6. The van der Waals surface area contributed by atoms with Crippen molar-refractivity contribution >= 4 is 5.97 Å². The average Bonchev–Trinajstić information content (AvgIpc) is 2.43. The first-order valence-corrected chi connectivity index (χ1v) is 9.24. The van der Waals surface area contributed by atoms with Gasteiger partial charge in [0.15, 0.2) is 0 Å². The number of ether oxygens (including phenoxy) is 1. The summed E-state index contributed by atoms with van der Waals surface area (Å²) in [6.45, 7) is 19.9. The smallest absolute Gasteiger partial charge is 0.312 e. The van der Waals surface area contributed by atoms with E-state index in [1.807, 2.05) is 6.92 Å². The topological polar surface area (TPSA) is 46.5 Å². The minimum absolute atomic E-state index is 0.0517. The van der Waals surface area contributed by atoms with Crippen LogP contribution in [0.5, 0.6) is 0 Å². The zero-order valence-electron chi connectivity index (χ0n) is 16.7. The van der Waals surface area contributed by atoms with Crippen LogP contribution in [-0.4, -0.2) is 16.7 Å². The van der Waals surface area contributed by atoms with Crippen molar-refractivity contribution in [1.82, 2.24) is 0 Å². The lowest BCUT2D eigenvalue weighted by molar-refractivity contribution is -0.177. The van der Waals surface area contributed by atoms with Crippen LogP contribution in [0.4, 0.5) is 0 Å². The maximum atomic E-state index is 13.1. The lowest BCUT2D eigenvalue weighted by Gasteiger charge is -2.39. The van der Waals surface area contributed by atoms with Gasteiger partial charge in [0.1, 0.15) is 5.60 Å². The van der Waals surface area contributed by atoms with Gasteiger partial charge in [-0.1, -0.05) is 53.7 Å². The normalized spacial score (nSPS) is 16.5. The van der Waals surface area contributed by atoms with Crippen LogP contribution in [0.1, 0.15) is 80.1 Å². The lowest BCUT2D eigenvalue weighted by Crippen LogP contribution is -2.44. The molecule has 0 aliphatic heterocycles. The first-order valence-electron chi connectivity index (χ1n) is 9.24. The summed E-state index contributed by atoms with van der Waals surface area (Å²) in [5, 5.41) is 9.76. The molecular weight excluding hydrogens is 300 g/mol. The summed E-state index contributed by atoms with van der Waals surface area (Å²) in [6, 6.07) is 0. The second-order valence-corrected chi connectivity index (χ2v) is 8.08. The van der Waals surface area contributed by atoms with Gasteiger partial charge in [-0.3, -0.25) is 4.79 Å². The average molecular weight is 339 g/mol. The standard InChI is InChI=1S/C21H38O3/c1-9-11-13-21(12-10-2,15-18(7)22)24-19(23)20(8,17(5)6)14-16(3)4/h10,16-17,22H,2,7,9,11-15H2,1,3-6,8H3. The van der Waals surface area contributed by atoms with Crippen molar-refractivity contribution in [3.63, 3.8) is 0 Å². The van der Waals surface area contributed by atoms with Gasteiger partial charge in [0.05, 0.1) is 11.2 Å². The van der Waals surface area contributed by atoms with Gasteiger partial charge in [-0.25, -0.2) is 0 Å². The van der Waals surface area contributed by atoms with Crippen LogP contribution >= 0.6 is 0 Å². The summed E-state index contributed by atoms with van der Waals surface area (Å²) in [6.07, 6.45) is 5.97. The van der Waals surface area contributed by atoms with Crippen molar-refractivity contribution in [2.75, 3.05) is 0 Å². The number of hydrogen-bond donors (Lipinski definition) is 1. The molecular formula is C21H38O3. The molecule has 140 valence electrons. The van der Waals surface area contributed by atoms with Gasteiger partial charge in [0.2, 0.25) is 0 Å². The molecule has 0 aromatic rings. The maximum absolute atomic E-state index is 13.1. The number of rotatable bonds is 12. The van der Waals surface area contributed by atoms with E-state index in [-0.39, 0.29) is 24.1 Å². The highest BCUT2D eigenvalue weighted by molar-refractivity contribution is 5.77. The number of aliphatic hydroxyl groups excluding tert-OH is 1. The molecule has 0 spiro atoms. The lowest BCUT2D eigenvalue weighted by atomic mass is 9.73. The Labute approximate surface area is 149 Å². The van der Waals surface area contributed by atoms with Crippen molar-refractivity contribution in [2.24, 2.45) is 17.3 Å². The van der Waals surface area contributed by atoms with Gasteiger partial charge < -0.3 is 9.84 Å². The molecule has 0 saturated carbocycles. The molecule has 0 rings (SSSR count). The third-order valence-corrected chi connectivity index (χ3v) is 4.91. The molecule has 0 saturated heterocycles. The van der Waals surface area contributed by atoms with E-state index in [2.05, 4.69) is 47.8 Å². The first kappa shape index (κ1) is 22.8. The fraction of sp³-hybridized carbons (Fsp3) is 0.762. The molecule has 0 amide bonds. The van der Waals surface area contributed by atoms with Crippen molar-refractivity contribution < 1.29 is 14.6 Å². The highest BCUT2D eigenvalue weighted by Crippen LogP contribution is 2.39. The highest BCUT2D eigenvalue weighted by Gasteiger charge is 2.43. The van der Waals surface area contributed by atoms with Crippen LogP contribution in [0.25, 0.3) is 0 Å². The molecule has 0 aliphatic carbocycles. The van der Waals surface area contributed by atoms with Gasteiger partial charge in [-0.2, -0.15) is 0 Å². The maximum Gasteiger partial charge on any atom is 0.312 e. The van der Waals surface area contributed by atoms with E-state index in [1.54, 1.807) is 6.08 Å². The number of hydrogen-bond acceptors (Lipinski definition) is 3.